The predicted molar refractivity (Wildman–Crippen MR) is 71.7 cm³/mol. The molecule has 92 valence electrons. The van der Waals surface area contributed by atoms with E-state index in [9.17, 15) is 0 Å². The summed E-state index contributed by atoms with van der Waals surface area (Å²) in [7, 11) is 0. The lowest BCUT2D eigenvalue weighted by Crippen LogP contribution is -2.09. The molecule has 0 aliphatic rings. The molecule has 0 aliphatic heterocycles. The molecule has 1 aromatic carbocycles. The highest BCUT2D eigenvalue weighted by atomic mass is 35.5. The zero-order valence-electron chi connectivity index (χ0n) is 9.80. The third kappa shape index (κ3) is 1.57. The number of nitrogens with two attached hydrogens (primary N) is 1. The molecule has 18 heavy (non-hydrogen) atoms. The molecule has 3 aromatic rings. The Kier molecular flexibility index (Phi) is 2.52. The summed E-state index contributed by atoms with van der Waals surface area (Å²) in [6.07, 6.45) is 1.64. The fourth-order valence-electron chi connectivity index (χ4n) is 2.17. The first-order chi connectivity index (χ1) is 8.68. The van der Waals surface area contributed by atoms with Gasteiger partial charge in [0.1, 0.15) is 5.76 Å². The quantitative estimate of drug-likeness (QED) is 0.768. The summed E-state index contributed by atoms with van der Waals surface area (Å²) in [5.74, 6) is 1.25. The van der Waals surface area contributed by atoms with E-state index in [1.54, 1.807) is 6.26 Å². The number of nitrogens with zero attached hydrogens (tertiary/aromatic N) is 2. The van der Waals surface area contributed by atoms with Crippen molar-refractivity contribution in [3.63, 3.8) is 0 Å². The van der Waals surface area contributed by atoms with E-state index in [1.165, 1.54) is 0 Å². The monoisotopic (exact) mass is 261 g/mol. The van der Waals surface area contributed by atoms with Crippen molar-refractivity contribution in [1.29, 1.82) is 0 Å². The van der Waals surface area contributed by atoms with Crippen LogP contribution in [-0.2, 0) is 0 Å². The number of para-hydroxylation sites is 1. The summed E-state index contributed by atoms with van der Waals surface area (Å²) in [4.78, 5) is 4.32. The standard InChI is InChI=1S/C13H12ClN3O/c1-8(11-6-3-7-18-11)17-12-9(14)4-2-5-10(12)16-13(17)15/h2-8H,1H3,(H2,15,16). The fraction of sp³-hybridized carbons (Fsp3) is 0.154. The molecular formula is C13H12ClN3O. The molecular weight excluding hydrogens is 250 g/mol. The van der Waals surface area contributed by atoms with Crippen LogP contribution in [0.25, 0.3) is 11.0 Å². The molecule has 0 radical (unpaired) electrons. The first-order valence-electron chi connectivity index (χ1n) is 5.64. The molecule has 2 heterocycles. The number of furan rings is 1. The Hall–Kier alpha value is -1.94. The zero-order chi connectivity index (χ0) is 12.7. The normalized spacial score (nSPS) is 13.0. The van der Waals surface area contributed by atoms with Gasteiger partial charge in [-0.3, -0.25) is 4.57 Å². The van der Waals surface area contributed by atoms with Gasteiger partial charge in [-0.1, -0.05) is 17.7 Å². The molecule has 5 heteroatoms. The van der Waals surface area contributed by atoms with Crippen LogP contribution in [0.15, 0.2) is 41.0 Å². The molecule has 0 spiro atoms. The molecule has 0 saturated carbocycles. The van der Waals surface area contributed by atoms with Gasteiger partial charge in [0.2, 0.25) is 5.95 Å². The number of hydrogen-bond acceptors (Lipinski definition) is 3. The van der Waals surface area contributed by atoms with Crippen LogP contribution < -0.4 is 5.73 Å². The summed E-state index contributed by atoms with van der Waals surface area (Å²) in [6, 6.07) is 9.29. The van der Waals surface area contributed by atoms with Gasteiger partial charge in [-0.2, -0.15) is 0 Å². The maximum Gasteiger partial charge on any atom is 0.201 e. The van der Waals surface area contributed by atoms with E-state index in [2.05, 4.69) is 4.98 Å². The van der Waals surface area contributed by atoms with E-state index in [-0.39, 0.29) is 6.04 Å². The lowest BCUT2D eigenvalue weighted by molar-refractivity contribution is 0.453. The Morgan fingerprint density at radius 2 is 2.17 bits per heavy atom. The van der Waals surface area contributed by atoms with Gasteiger partial charge in [0, 0.05) is 0 Å². The van der Waals surface area contributed by atoms with Gasteiger partial charge in [0.05, 0.1) is 28.4 Å². The Labute approximate surface area is 109 Å². The Morgan fingerprint density at radius 1 is 1.33 bits per heavy atom. The Bertz CT molecular complexity index is 688. The highest BCUT2D eigenvalue weighted by Gasteiger charge is 2.19. The number of hydrogen-bond donors (Lipinski definition) is 1. The van der Waals surface area contributed by atoms with Crippen LogP contribution in [0, 0.1) is 0 Å². The highest BCUT2D eigenvalue weighted by molar-refractivity contribution is 6.35. The van der Waals surface area contributed by atoms with Crippen molar-refractivity contribution in [2.75, 3.05) is 5.73 Å². The summed E-state index contributed by atoms with van der Waals surface area (Å²) in [5.41, 5.74) is 7.60. The molecule has 0 amide bonds. The van der Waals surface area contributed by atoms with Gasteiger partial charge in [-0.05, 0) is 31.2 Å². The first kappa shape index (κ1) is 11.2. The average Bonchev–Trinajstić information content (AvgIpc) is 2.95. The van der Waals surface area contributed by atoms with Crippen molar-refractivity contribution >= 4 is 28.6 Å². The number of imidazole rings is 1. The van der Waals surface area contributed by atoms with Crippen LogP contribution in [-0.4, -0.2) is 9.55 Å². The topological polar surface area (TPSA) is 57.0 Å². The zero-order valence-corrected chi connectivity index (χ0v) is 10.6. The molecule has 2 N–H and O–H groups in total. The number of halogens is 1. The first-order valence-corrected chi connectivity index (χ1v) is 6.01. The van der Waals surface area contributed by atoms with Crippen LogP contribution in [0.4, 0.5) is 5.95 Å². The van der Waals surface area contributed by atoms with Gasteiger partial charge in [0.25, 0.3) is 0 Å². The SMILES string of the molecule is CC(c1ccco1)n1c(N)nc2cccc(Cl)c21. The van der Waals surface area contributed by atoms with E-state index < -0.39 is 0 Å². The summed E-state index contributed by atoms with van der Waals surface area (Å²) >= 11 is 6.23. The third-order valence-electron chi connectivity index (χ3n) is 3.03. The number of nitrogen functional groups attached to an aromatic ring is 1. The molecule has 1 unspecified atom stereocenters. The second-order valence-electron chi connectivity index (χ2n) is 4.14. The van der Waals surface area contributed by atoms with Gasteiger partial charge in [-0.25, -0.2) is 4.98 Å². The van der Waals surface area contributed by atoms with Crippen molar-refractivity contribution in [3.8, 4) is 0 Å². The maximum atomic E-state index is 6.23. The van der Waals surface area contributed by atoms with E-state index >= 15 is 0 Å². The molecule has 0 fully saturated rings. The van der Waals surface area contributed by atoms with Crippen LogP contribution in [0.5, 0.6) is 0 Å². The van der Waals surface area contributed by atoms with E-state index in [0.717, 1.165) is 16.8 Å². The van der Waals surface area contributed by atoms with Gasteiger partial charge in [-0.15, -0.1) is 0 Å². The maximum absolute atomic E-state index is 6.23. The van der Waals surface area contributed by atoms with Crippen molar-refractivity contribution in [1.82, 2.24) is 9.55 Å². The van der Waals surface area contributed by atoms with Crippen LogP contribution in [0.1, 0.15) is 18.7 Å². The van der Waals surface area contributed by atoms with E-state index in [1.807, 2.05) is 41.8 Å². The largest absolute Gasteiger partial charge is 0.467 e. The number of fused-ring (bicyclic) bond motifs is 1. The average molecular weight is 262 g/mol. The van der Waals surface area contributed by atoms with Crippen molar-refractivity contribution in [3.05, 3.63) is 47.4 Å². The van der Waals surface area contributed by atoms with Gasteiger partial charge < -0.3 is 10.2 Å². The number of rotatable bonds is 2. The van der Waals surface area contributed by atoms with E-state index in [0.29, 0.717) is 11.0 Å². The molecule has 0 saturated heterocycles. The number of aromatic nitrogens is 2. The Balaban J connectivity index is 2.25. The summed E-state index contributed by atoms with van der Waals surface area (Å²) < 4.78 is 7.30. The van der Waals surface area contributed by atoms with Gasteiger partial charge in [0.15, 0.2) is 0 Å². The number of benzene rings is 1. The lowest BCUT2D eigenvalue weighted by Gasteiger charge is -2.14. The molecule has 3 rings (SSSR count). The fourth-order valence-corrected chi connectivity index (χ4v) is 2.43. The predicted octanol–water partition coefficient (Wildman–Crippen LogP) is 3.47. The summed E-state index contributed by atoms with van der Waals surface area (Å²) in [5, 5.41) is 0.634. The second-order valence-corrected chi connectivity index (χ2v) is 4.55. The minimum Gasteiger partial charge on any atom is -0.467 e. The minimum atomic E-state index is -0.0510. The lowest BCUT2D eigenvalue weighted by atomic mass is 10.2. The number of anilines is 1. The van der Waals surface area contributed by atoms with Gasteiger partial charge >= 0.3 is 0 Å². The molecule has 0 bridgehead atoms. The van der Waals surface area contributed by atoms with Crippen LogP contribution >= 0.6 is 11.6 Å². The highest BCUT2D eigenvalue weighted by Crippen LogP contribution is 2.31. The third-order valence-corrected chi connectivity index (χ3v) is 3.34. The molecule has 2 aromatic heterocycles. The molecule has 0 aliphatic carbocycles. The summed E-state index contributed by atoms with van der Waals surface area (Å²) in [6.45, 7) is 2.00. The van der Waals surface area contributed by atoms with Crippen LogP contribution in [0.3, 0.4) is 0 Å². The van der Waals surface area contributed by atoms with Crippen molar-refractivity contribution in [2.45, 2.75) is 13.0 Å². The van der Waals surface area contributed by atoms with Crippen molar-refractivity contribution < 1.29 is 4.42 Å². The second kappa shape index (κ2) is 4.07. The van der Waals surface area contributed by atoms with Crippen molar-refractivity contribution in [2.24, 2.45) is 0 Å². The minimum absolute atomic E-state index is 0.0510. The van der Waals surface area contributed by atoms with Crippen LogP contribution in [0.2, 0.25) is 5.02 Å². The smallest absolute Gasteiger partial charge is 0.201 e. The molecule has 1 atom stereocenters. The molecule has 4 nitrogen and oxygen atoms in total. The van der Waals surface area contributed by atoms with E-state index in [4.69, 9.17) is 21.8 Å². The Morgan fingerprint density at radius 3 is 2.89 bits per heavy atom.